The Hall–Kier alpha value is -0.650. The summed E-state index contributed by atoms with van der Waals surface area (Å²) in [5, 5.41) is 0. The fourth-order valence-electron chi connectivity index (χ4n) is 2.33. The summed E-state index contributed by atoms with van der Waals surface area (Å²) in [6.07, 6.45) is 4.69. The molecule has 19 heavy (non-hydrogen) atoms. The van der Waals surface area contributed by atoms with E-state index in [1.807, 2.05) is 0 Å². The molecule has 0 aliphatic heterocycles. The molecule has 0 radical (unpaired) electrons. The van der Waals surface area contributed by atoms with Gasteiger partial charge in [-0.2, -0.15) is 0 Å². The Bertz CT molecular complexity index is 240. The van der Waals surface area contributed by atoms with E-state index < -0.39 is 0 Å². The number of methoxy groups -OCH3 is 1. The van der Waals surface area contributed by atoms with Crippen LogP contribution in [0.5, 0.6) is 0 Å². The van der Waals surface area contributed by atoms with Gasteiger partial charge in [0.15, 0.2) is 0 Å². The molecular weight excluding hydrogens is 246 g/mol. The minimum Gasteiger partial charge on any atom is -0.465 e. The number of hydrogen-bond acceptors (Lipinski definition) is 5. The van der Waals surface area contributed by atoms with Crippen LogP contribution in [0.2, 0.25) is 0 Å². The van der Waals surface area contributed by atoms with Crippen molar-refractivity contribution in [3.8, 4) is 0 Å². The highest BCUT2D eigenvalue weighted by molar-refractivity contribution is 5.72. The lowest BCUT2D eigenvalue weighted by Crippen LogP contribution is -2.27. The Morgan fingerprint density at radius 1 is 1.11 bits per heavy atom. The van der Waals surface area contributed by atoms with E-state index in [9.17, 15) is 4.79 Å². The molecule has 2 N–H and O–H groups in total. The second kappa shape index (κ2) is 10.2. The van der Waals surface area contributed by atoms with Gasteiger partial charge in [0.05, 0.1) is 25.7 Å². The standard InChI is InChI=1S/C14H27NO4/c1-17-9-10-18-7-2-8-19-14(16)13-5-3-12(11-15)4-6-13/h12-13H,2-11,15H2,1H3. The van der Waals surface area contributed by atoms with Crippen molar-refractivity contribution >= 4 is 5.97 Å². The third-order valence-electron chi connectivity index (χ3n) is 3.62. The van der Waals surface area contributed by atoms with E-state index in [2.05, 4.69) is 0 Å². The number of rotatable bonds is 9. The van der Waals surface area contributed by atoms with Crippen LogP contribution in [0.25, 0.3) is 0 Å². The topological polar surface area (TPSA) is 70.8 Å². The normalized spacial score (nSPS) is 23.3. The maximum Gasteiger partial charge on any atom is 0.308 e. The van der Waals surface area contributed by atoms with Gasteiger partial charge >= 0.3 is 5.97 Å². The zero-order chi connectivity index (χ0) is 13.9. The molecule has 0 heterocycles. The van der Waals surface area contributed by atoms with Crippen molar-refractivity contribution < 1.29 is 19.0 Å². The van der Waals surface area contributed by atoms with E-state index in [-0.39, 0.29) is 11.9 Å². The van der Waals surface area contributed by atoms with Crippen LogP contribution in [0.1, 0.15) is 32.1 Å². The van der Waals surface area contributed by atoms with Gasteiger partial charge in [-0.05, 0) is 38.1 Å². The number of carbonyl (C=O) groups is 1. The first kappa shape index (κ1) is 16.4. The molecule has 0 aromatic carbocycles. The zero-order valence-electron chi connectivity index (χ0n) is 11.9. The van der Waals surface area contributed by atoms with E-state index >= 15 is 0 Å². The molecular formula is C14H27NO4. The first-order chi connectivity index (χ1) is 9.27. The highest BCUT2D eigenvalue weighted by Gasteiger charge is 2.26. The fraction of sp³-hybridized carbons (Fsp3) is 0.929. The molecule has 0 saturated heterocycles. The van der Waals surface area contributed by atoms with Crippen LogP contribution >= 0.6 is 0 Å². The average molecular weight is 273 g/mol. The third kappa shape index (κ3) is 6.89. The summed E-state index contributed by atoms with van der Waals surface area (Å²) in [6, 6.07) is 0. The van der Waals surface area contributed by atoms with E-state index in [1.165, 1.54) is 0 Å². The lowest BCUT2D eigenvalue weighted by molar-refractivity contribution is -0.150. The number of hydrogen-bond donors (Lipinski definition) is 1. The molecule has 0 aromatic rings. The van der Waals surface area contributed by atoms with Crippen molar-refractivity contribution in [2.45, 2.75) is 32.1 Å². The van der Waals surface area contributed by atoms with E-state index in [1.54, 1.807) is 7.11 Å². The van der Waals surface area contributed by atoms with Gasteiger partial charge in [0, 0.05) is 20.1 Å². The molecule has 0 amide bonds. The summed E-state index contributed by atoms with van der Waals surface area (Å²) in [7, 11) is 1.64. The average Bonchev–Trinajstić information content (AvgIpc) is 2.46. The van der Waals surface area contributed by atoms with Gasteiger partial charge in [-0.25, -0.2) is 0 Å². The molecule has 1 aliphatic carbocycles. The quantitative estimate of drug-likeness (QED) is 0.507. The Morgan fingerprint density at radius 2 is 1.84 bits per heavy atom. The van der Waals surface area contributed by atoms with Crippen LogP contribution in [-0.4, -0.2) is 46.1 Å². The van der Waals surface area contributed by atoms with Gasteiger partial charge in [-0.3, -0.25) is 4.79 Å². The van der Waals surface area contributed by atoms with Gasteiger partial charge in [-0.1, -0.05) is 0 Å². The third-order valence-corrected chi connectivity index (χ3v) is 3.62. The van der Waals surface area contributed by atoms with Crippen molar-refractivity contribution in [3.05, 3.63) is 0 Å². The maximum absolute atomic E-state index is 11.8. The summed E-state index contributed by atoms with van der Waals surface area (Å²) in [6.45, 7) is 2.98. The lowest BCUT2D eigenvalue weighted by Gasteiger charge is -2.26. The van der Waals surface area contributed by atoms with Crippen molar-refractivity contribution in [3.63, 3.8) is 0 Å². The first-order valence-electron chi connectivity index (χ1n) is 7.21. The summed E-state index contributed by atoms with van der Waals surface area (Å²) in [4.78, 5) is 11.8. The van der Waals surface area contributed by atoms with E-state index in [0.717, 1.165) is 38.6 Å². The minimum atomic E-state index is -0.0487. The van der Waals surface area contributed by atoms with Crippen LogP contribution in [0, 0.1) is 11.8 Å². The second-order valence-electron chi connectivity index (χ2n) is 5.08. The Balaban J connectivity index is 1.99. The Labute approximate surface area is 115 Å². The van der Waals surface area contributed by atoms with Gasteiger partial charge in [0.2, 0.25) is 0 Å². The van der Waals surface area contributed by atoms with Crippen molar-refractivity contribution in [1.29, 1.82) is 0 Å². The second-order valence-corrected chi connectivity index (χ2v) is 5.08. The smallest absolute Gasteiger partial charge is 0.308 e. The van der Waals surface area contributed by atoms with E-state index in [0.29, 0.717) is 32.3 Å². The Kier molecular flexibility index (Phi) is 8.79. The van der Waals surface area contributed by atoms with Crippen molar-refractivity contribution in [2.75, 3.05) is 40.1 Å². The minimum absolute atomic E-state index is 0.0487. The maximum atomic E-state index is 11.8. The predicted molar refractivity (Wildman–Crippen MR) is 72.8 cm³/mol. The highest BCUT2D eigenvalue weighted by Crippen LogP contribution is 2.28. The number of ether oxygens (including phenoxy) is 3. The van der Waals surface area contributed by atoms with E-state index in [4.69, 9.17) is 19.9 Å². The largest absolute Gasteiger partial charge is 0.465 e. The van der Waals surface area contributed by atoms with Gasteiger partial charge in [0.25, 0.3) is 0 Å². The molecule has 112 valence electrons. The summed E-state index contributed by atoms with van der Waals surface area (Å²) in [5.41, 5.74) is 5.63. The number of nitrogens with two attached hydrogens (primary N) is 1. The van der Waals surface area contributed by atoms with Crippen LogP contribution in [-0.2, 0) is 19.0 Å². The van der Waals surface area contributed by atoms with Gasteiger partial charge < -0.3 is 19.9 Å². The molecule has 1 fully saturated rings. The molecule has 0 bridgehead atoms. The predicted octanol–water partition coefficient (Wildman–Crippen LogP) is 1.35. The lowest BCUT2D eigenvalue weighted by atomic mass is 9.82. The molecule has 1 aliphatic rings. The van der Waals surface area contributed by atoms with Crippen LogP contribution in [0.3, 0.4) is 0 Å². The molecule has 5 heteroatoms. The Morgan fingerprint density at radius 3 is 2.47 bits per heavy atom. The van der Waals surface area contributed by atoms with Gasteiger partial charge in [0.1, 0.15) is 0 Å². The summed E-state index contributed by atoms with van der Waals surface area (Å²) >= 11 is 0. The van der Waals surface area contributed by atoms with Crippen molar-refractivity contribution in [1.82, 2.24) is 0 Å². The molecule has 1 saturated carbocycles. The van der Waals surface area contributed by atoms with Gasteiger partial charge in [-0.15, -0.1) is 0 Å². The monoisotopic (exact) mass is 273 g/mol. The molecule has 1 rings (SSSR count). The molecule has 0 aromatic heterocycles. The molecule has 0 unspecified atom stereocenters. The molecule has 0 spiro atoms. The van der Waals surface area contributed by atoms with Crippen LogP contribution in [0.4, 0.5) is 0 Å². The van der Waals surface area contributed by atoms with Crippen LogP contribution in [0.15, 0.2) is 0 Å². The van der Waals surface area contributed by atoms with Crippen molar-refractivity contribution in [2.24, 2.45) is 17.6 Å². The molecule has 5 nitrogen and oxygen atoms in total. The number of carbonyl (C=O) groups excluding carboxylic acids is 1. The SMILES string of the molecule is COCCOCCCOC(=O)C1CCC(CN)CC1. The number of esters is 1. The van der Waals surface area contributed by atoms with Crippen LogP contribution < -0.4 is 5.73 Å². The highest BCUT2D eigenvalue weighted by atomic mass is 16.5. The summed E-state index contributed by atoms with van der Waals surface area (Å²) < 4.78 is 15.4. The first-order valence-corrected chi connectivity index (χ1v) is 7.21. The summed E-state index contributed by atoms with van der Waals surface area (Å²) in [5.74, 6) is 0.628. The fourth-order valence-corrected chi connectivity index (χ4v) is 2.33. The molecule has 0 atom stereocenters. The zero-order valence-corrected chi connectivity index (χ0v) is 11.9.